The monoisotopic (exact) mass is 563 g/mol. The Morgan fingerprint density at radius 2 is 1.97 bits per heavy atom. The van der Waals surface area contributed by atoms with Crippen LogP contribution in [-0.4, -0.2) is 82.7 Å². The predicted octanol–water partition coefficient (Wildman–Crippen LogP) is 3.60. The van der Waals surface area contributed by atoms with Gasteiger partial charge >= 0.3 is 6.18 Å². The molecule has 2 aliphatic heterocycles. The number of amides is 2. The summed E-state index contributed by atoms with van der Waals surface area (Å²) in [4.78, 5) is 34.0. The zero-order valence-corrected chi connectivity index (χ0v) is 22.3. The van der Waals surface area contributed by atoms with E-state index in [-0.39, 0.29) is 24.6 Å². The first kappa shape index (κ1) is 27.2. The number of carbonyl (C=O) groups is 2. The summed E-state index contributed by atoms with van der Waals surface area (Å²) < 4.78 is 44.6. The summed E-state index contributed by atoms with van der Waals surface area (Å²) in [6.07, 6.45) is -1.03. The largest absolute Gasteiger partial charge is 0.413 e. The first-order valence-corrected chi connectivity index (χ1v) is 13.1. The summed E-state index contributed by atoms with van der Waals surface area (Å²) in [5.41, 5.74) is 3.06. The first-order valence-electron chi connectivity index (χ1n) is 12.7. The lowest BCUT2D eigenvalue weighted by molar-refractivity contribution is -0.190. The van der Waals surface area contributed by atoms with Gasteiger partial charge in [0.05, 0.1) is 30.0 Å². The van der Waals surface area contributed by atoms with Gasteiger partial charge in [0.15, 0.2) is 16.8 Å². The Morgan fingerprint density at radius 1 is 1.23 bits per heavy atom. The van der Waals surface area contributed by atoms with Crippen LogP contribution in [0, 0.1) is 5.92 Å². The molecule has 0 aliphatic carbocycles. The number of benzene rings is 1. The summed E-state index contributed by atoms with van der Waals surface area (Å²) in [7, 11) is 2.82. The molecule has 0 spiro atoms. The van der Waals surface area contributed by atoms with E-state index >= 15 is 0 Å². The molecule has 2 aliphatic rings. The number of nitrogens with zero attached hydrogens (tertiary/aromatic N) is 6. The van der Waals surface area contributed by atoms with Crippen molar-refractivity contribution in [2.75, 3.05) is 45.2 Å². The Hall–Kier alpha value is -3.38. The second-order valence-electron chi connectivity index (χ2n) is 9.92. The smallest absolute Gasteiger partial charge is 0.341 e. The Kier molecular flexibility index (Phi) is 7.43. The topological polar surface area (TPSA) is 86.1 Å². The van der Waals surface area contributed by atoms with Crippen molar-refractivity contribution in [3.63, 3.8) is 0 Å². The molecule has 4 heterocycles. The molecule has 5 rings (SSSR count). The van der Waals surface area contributed by atoms with Crippen molar-refractivity contribution in [3.8, 4) is 0 Å². The van der Waals surface area contributed by atoms with Crippen LogP contribution in [0.3, 0.4) is 0 Å². The maximum atomic E-state index is 14.3. The Morgan fingerprint density at radius 3 is 2.67 bits per heavy atom. The number of halogens is 4. The number of aryl methyl sites for hydroxylation is 1. The molecule has 13 heteroatoms. The van der Waals surface area contributed by atoms with Gasteiger partial charge in [0.25, 0.3) is 0 Å². The maximum absolute atomic E-state index is 14.3. The predicted molar refractivity (Wildman–Crippen MR) is 140 cm³/mol. The Bertz CT molecular complexity index is 1380. The number of likely N-dealkylation sites (N-methyl/N-ethyl adjacent to an activating group) is 1. The summed E-state index contributed by atoms with van der Waals surface area (Å²) in [5.74, 6) is -1.48. The lowest BCUT2D eigenvalue weighted by atomic mass is 10.0. The summed E-state index contributed by atoms with van der Waals surface area (Å²) >= 11 is 6.06. The van der Waals surface area contributed by atoms with E-state index in [1.165, 1.54) is 24.1 Å². The number of alkyl halides is 3. The molecule has 3 aromatic rings. The average molecular weight is 564 g/mol. The third-order valence-corrected chi connectivity index (χ3v) is 7.59. The number of carbonyl (C=O) groups excluding carboxylic acids is 2. The van der Waals surface area contributed by atoms with Gasteiger partial charge in [0.1, 0.15) is 0 Å². The van der Waals surface area contributed by atoms with E-state index in [0.717, 1.165) is 29.1 Å². The minimum atomic E-state index is -4.68. The first-order chi connectivity index (χ1) is 18.6. The van der Waals surface area contributed by atoms with E-state index in [1.807, 2.05) is 4.90 Å². The molecule has 1 aromatic carbocycles. The third kappa shape index (κ3) is 5.27. The molecule has 1 fully saturated rings. The summed E-state index contributed by atoms with van der Waals surface area (Å²) in [5, 5.41) is 7.42. The normalized spacial score (nSPS) is 18.4. The highest BCUT2D eigenvalue weighted by molar-refractivity contribution is 6.29. The molecular weight excluding hydrogens is 535 g/mol. The minimum absolute atomic E-state index is 0.0344. The fraction of sp³-hybridized carbons (Fsp3) is 0.462. The zero-order valence-electron chi connectivity index (χ0n) is 21.6. The maximum Gasteiger partial charge on any atom is 0.413 e. The Balaban J connectivity index is 1.37. The molecule has 2 atom stereocenters. The number of hydrogen-bond acceptors (Lipinski definition) is 6. The quantitative estimate of drug-likeness (QED) is 0.493. The minimum Gasteiger partial charge on any atom is -0.341 e. The van der Waals surface area contributed by atoms with Crippen LogP contribution in [0.2, 0.25) is 5.15 Å². The number of anilines is 2. The molecular formula is C26H29ClF3N7O2. The zero-order chi connectivity index (χ0) is 27.9. The van der Waals surface area contributed by atoms with Gasteiger partial charge in [-0.1, -0.05) is 23.7 Å². The SMILES string of the molecule is CNCC(=O)N1CC[C@@H](C(=O)N(C)[C@@H](c2ccc(N3CCCc4c3cnc3cc(Cl)nn43)cc2)C(F)(F)F)C1. The van der Waals surface area contributed by atoms with E-state index in [4.69, 9.17) is 11.6 Å². The van der Waals surface area contributed by atoms with Crippen LogP contribution >= 0.6 is 11.6 Å². The van der Waals surface area contributed by atoms with Gasteiger partial charge in [-0.3, -0.25) is 9.59 Å². The fourth-order valence-electron chi connectivity index (χ4n) is 5.53. The highest BCUT2D eigenvalue weighted by Crippen LogP contribution is 2.40. The molecule has 39 heavy (non-hydrogen) atoms. The average Bonchev–Trinajstić information content (AvgIpc) is 3.54. The van der Waals surface area contributed by atoms with Crippen LogP contribution in [0.4, 0.5) is 24.5 Å². The lowest BCUT2D eigenvalue weighted by Crippen LogP contribution is -2.43. The number of hydrogen-bond donors (Lipinski definition) is 1. The van der Waals surface area contributed by atoms with E-state index in [9.17, 15) is 22.8 Å². The van der Waals surface area contributed by atoms with Crippen molar-refractivity contribution < 1.29 is 22.8 Å². The van der Waals surface area contributed by atoms with Crippen molar-refractivity contribution in [1.82, 2.24) is 29.7 Å². The molecule has 208 valence electrons. The van der Waals surface area contributed by atoms with Gasteiger partial charge in [-0.25, -0.2) is 9.50 Å². The number of rotatable bonds is 6. The molecule has 2 aromatic heterocycles. The highest BCUT2D eigenvalue weighted by atomic mass is 35.5. The molecule has 0 bridgehead atoms. The lowest BCUT2D eigenvalue weighted by Gasteiger charge is -2.33. The molecule has 0 saturated carbocycles. The molecule has 1 saturated heterocycles. The second-order valence-corrected chi connectivity index (χ2v) is 10.3. The van der Waals surface area contributed by atoms with Crippen molar-refractivity contribution in [1.29, 1.82) is 0 Å². The van der Waals surface area contributed by atoms with E-state index in [2.05, 4.69) is 15.4 Å². The summed E-state index contributed by atoms with van der Waals surface area (Å²) in [6, 6.07) is 5.67. The molecule has 2 amide bonds. The summed E-state index contributed by atoms with van der Waals surface area (Å²) in [6.45, 7) is 1.25. The van der Waals surface area contributed by atoms with E-state index in [0.29, 0.717) is 36.0 Å². The molecule has 0 unspecified atom stereocenters. The van der Waals surface area contributed by atoms with Crippen LogP contribution in [0.25, 0.3) is 5.65 Å². The van der Waals surface area contributed by atoms with Crippen LogP contribution < -0.4 is 10.2 Å². The third-order valence-electron chi connectivity index (χ3n) is 7.40. The van der Waals surface area contributed by atoms with Gasteiger partial charge in [-0.15, -0.1) is 0 Å². The molecule has 0 radical (unpaired) electrons. The molecule has 9 nitrogen and oxygen atoms in total. The van der Waals surface area contributed by atoms with Gasteiger partial charge in [0, 0.05) is 38.4 Å². The second kappa shape index (κ2) is 10.6. The number of nitrogens with one attached hydrogen (secondary N) is 1. The van der Waals surface area contributed by atoms with Crippen LogP contribution in [0.15, 0.2) is 36.5 Å². The number of aromatic nitrogens is 3. The van der Waals surface area contributed by atoms with Crippen LogP contribution in [0.5, 0.6) is 0 Å². The van der Waals surface area contributed by atoms with Gasteiger partial charge in [-0.2, -0.15) is 18.3 Å². The van der Waals surface area contributed by atoms with Crippen molar-refractivity contribution in [3.05, 3.63) is 52.9 Å². The highest BCUT2D eigenvalue weighted by Gasteiger charge is 2.47. The van der Waals surface area contributed by atoms with Crippen molar-refractivity contribution >= 4 is 40.4 Å². The number of fused-ring (bicyclic) bond motifs is 3. The van der Waals surface area contributed by atoms with Gasteiger partial charge < -0.3 is 20.0 Å². The van der Waals surface area contributed by atoms with Crippen molar-refractivity contribution in [2.24, 2.45) is 5.92 Å². The number of likely N-dealkylation sites (tertiary alicyclic amines) is 1. The van der Waals surface area contributed by atoms with Crippen molar-refractivity contribution in [2.45, 2.75) is 31.5 Å². The standard InChI is InChI=1S/C26H29ClF3N7O2/c1-31-14-23(38)35-11-9-17(15-35)25(39)34(2)24(26(28,29)30)16-5-7-18(8-6-16)36-10-3-4-19-20(36)13-32-22-12-21(27)33-37(19)22/h5-8,12-13,17,24,31H,3-4,9-11,14-15H2,1-2H3/t17-,24+/m1/s1. The Labute approximate surface area is 228 Å². The molecule has 1 N–H and O–H groups in total. The van der Waals surface area contributed by atoms with Gasteiger partial charge in [0.2, 0.25) is 11.8 Å². The van der Waals surface area contributed by atoms with Gasteiger partial charge in [-0.05, 0) is 44.0 Å². The fourth-order valence-corrected chi connectivity index (χ4v) is 5.71. The van der Waals surface area contributed by atoms with Crippen LogP contribution in [-0.2, 0) is 16.0 Å². The van der Waals surface area contributed by atoms with E-state index in [1.54, 1.807) is 36.0 Å². The van der Waals surface area contributed by atoms with Crippen LogP contribution in [0.1, 0.15) is 30.1 Å². The van der Waals surface area contributed by atoms with E-state index < -0.39 is 24.0 Å².